The molecule has 4 rings (SSSR count). The van der Waals surface area contributed by atoms with E-state index >= 15 is 0 Å². The number of hydrazine groups is 1. The Morgan fingerprint density at radius 2 is 1.43 bits per heavy atom. The van der Waals surface area contributed by atoms with Crippen molar-refractivity contribution >= 4 is 35.1 Å². The summed E-state index contributed by atoms with van der Waals surface area (Å²) in [7, 11) is 0. The average molecular weight is 425 g/mol. The van der Waals surface area contributed by atoms with E-state index in [4.69, 9.17) is 11.6 Å². The highest BCUT2D eigenvalue weighted by Gasteiger charge is 2.51. The van der Waals surface area contributed by atoms with Gasteiger partial charge in [-0.2, -0.15) is 5.01 Å². The van der Waals surface area contributed by atoms with Crippen LogP contribution in [0.15, 0.2) is 54.6 Å². The van der Waals surface area contributed by atoms with Gasteiger partial charge in [0, 0.05) is 16.1 Å². The van der Waals surface area contributed by atoms with Crippen LogP contribution in [0, 0.1) is 11.8 Å². The van der Waals surface area contributed by atoms with Crippen molar-refractivity contribution in [3.8, 4) is 0 Å². The molecule has 1 saturated carbocycles. The summed E-state index contributed by atoms with van der Waals surface area (Å²) in [6.07, 6.45) is 3.01. The Hall–Kier alpha value is -2.99. The molecular weight excluding hydrogens is 404 g/mol. The Kier molecular flexibility index (Phi) is 5.68. The highest BCUT2D eigenvalue weighted by molar-refractivity contribution is 6.30. The molecule has 2 atom stereocenters. The van der Waals surface area contributed by atoms with E-state index in [1.165, 1.54) is 12.1 Å². The molecule has 0 spiro atoms. The first-order valence-corrected chi connectivity index (χ1v) is 10.4. The highest BCUT2D eigenvalue weighted by Crippen LogP contribution is 2.39. The lowest BCUT2D eigenvalue weighted by Crippen LogP contribution is -2.52. The molecule has 3 amide bonds. The Morgan fingerprint density at radius 1 is 0.867 bits per heavy atom. The number of ketones is 1. The molecule has 6 nitrogen and oxygen atoms in total. The van der Waals surface area contributed by atoms with Crippen LogP contribution >= 0.6 is 11.6 Å². The van der Waals surface area contributed by atoms with Gasteiger partial charge >= 0.3 is 0 Å². The standard InChI is InChI=1S/C23H21ClN2O4/c24-17-12-10-16(11-13-17)21(28)25(14-20(27)15-6-2-1-3-7-15)26-22(29)18-8-4-5-9-19(18)23(26)30/h1-3,6-7,10-13,18-19H,4-5,8-9,14H2/t18-,19+. The minimum Gasteiger partial charge on any atom is -0.292 e. The lowest BCUT2D eigenvalue weighted by atomic mass is 9.81. The summed E-state index contributed by atoms with van der Waals surface area (Å²) in [6, 6.07) is 14.6. The third-order valence-corrected chi connectivity index (χ3v) is 6.03. The minimum atomic E-state index is -0.587. The summed E-state index contributed by atoms with van der Waals surface area (Å²) in [5, 5.41) is 2.37. The second-order valence-corrected chi connectivity index (χ2v) is 8.08. The summed E-state index contributed by atoms with van der Waals surface area (Å²) in [6.45, 7) is -0.400. The van der Waals surface area contributed by atoms with Gasteiger partial charge in [0.05, 0.1) is 11.8 Å². The van der Waals surface area contributed by atoms with Crippen LogP contribution in [-0.2, 0) is 9.59 Å². The molecule has 2 aliphatic rings. The summed E-state index contributed by atoms with van der Waals surface area (Å²) in [5.41, 5.74) is 0.652. The Balaban J connectivity index is 1.68. The van der Waals surface area contributed by atoms with Gasteiger partial charge < -0.3 is 0 Å². The summed E-state index contributed by atoms with van der Waals surface area (Å²) >= 11 is 5.92. The fourth-order valence-electron chi connectivity index (χ4n) is 4.21. The Labute approximate surface area is 179 Å². The van der Waals surface area contributed by atoms with Crippen molar-refractivity contribution in [2.24, 2.45) is 11.8 Å². The van der Waals surface area contributed by atoms with Crippen LogP contribution in [-0.4, -0.2) is 40.1 Å². The van der Waals surface area contributed by atoms with E-state index in [1.54, 1.807) is 42.5 Å². The molecule has 0 unspecified atom stereocenters. The number of nitrogens with zero attached hydrogens (tertiary/aromatic N) is 2. The van der Waals surface area contributed by atoms with Gasteiger partial charge in [-0.1, -0.05) is 54.8 Å². The maximum Gasteiger partial charge on any atom is 0.273 e. The lowest BCUT2D eigenvalue weighted by molar-refractivity contribution is -0.154. The van der Waals surface area contributed by atoms with Gasteiger partial charge in [0.15, 0.2) is 5.78 Å². The van der Waals surface area contributed by atoms with Crippen LogP contribution < -0.4 is 0 Å². The van der Waals surface area contributed by atoms with Gasteiger partial charge in [-0.3, -0.25) is 19.2 Å². The lowest BCUT2D eigenvalue weighted by Gasteiger charge is -2.30. The number of benzene rings is 2. The zero-order valence-corrected chi connectivity index (χ0v) is 17.0. The molecule has 30 heavy (non-hydrogen) atoms. The molecule has 7 heteroatoms. The topological polar surface area (TPSA) is 74.8 Å². The minimum absolute atomic E-state index is 0.246. The number of halogens is 1. The van der Waals surface area contributed by atoms with E-state index in [0.29, 0.717) is 23.4 Å². The number of hydrogen-bond acceptors (Lipinski definition) is 4. The van der Waals surface area contributed by atoms with Crippen molar-refractivity contribution in [1.29, 1.82) is 0 Å². The molecule has 2 fully saturated rings. The third-order valence-electron chi connectivity index (χ3n) is 5.77. The first-order chi connectivity index (χ1) is 14.5. The number of Topliss-reactive ketones (excluding diaryl/α,β-unsaturated/α-hetero) is 1. The molecule has 0 aromatic heterocycles. The molecule has 0 radical (unpaired) electrons. The summed E-state index contributed by atoms with van der Waals surface area (Å²) < 4.78 is 0. The fraction of sp³-hybridized carbons (Fsp3) is 0.304. The van der Waals surface area contributed by atoms with Crippen LogP contribution in [0.3, 0.4) is 0 Å². The largest absolute Gasteiger partial charge is 0.292 e. The number of rotatable bonds is 5. The molecule has 154 valence electrons. The van der Waals surface area contributed by atoms with Crippen LogP contribution in [0.4, 0.5) is 0 Å². The number of hydrogen-bond donors (Lipinski definition) is 0. The maximum absolute atomic E-state index is 13.3. The number of amides is 3. The van der Waals surface area contributed by atoms with Gasteiger partial charge in [-0.25, -0.2) is 5.01 Å². The van der Waals surface area contributed by atoms with E-state index in [1.807, 2.05) is 0 Å². The molecule has 0 N–H and O–H groups in total. The monoisotopic (exact) mass is 424 g/mol. The molecule has 1 aliphatic heterocycles. The van der Waals surface area contributed by atoms with E-state index in [0.717, 1.165) is 22.9 Å². The third kappa shape index (κ3) is 3.75. The number of carbonyl (C=O) groups excluding carboxylic acids is 4. The normalized spacial score (nSPS) is 20.8. The van der Waals surface area contributed by atoms with Crippen molar-refractivity contribution in [3.05, 3.63) is 70.7 Å². The van der Waals surface area contributed by atoms with Crippen LogP contribution in [0.1, 0.15) is 46.4 Å². The zero-order chi connectivity index (χ0) is 21.3. The first-order valence-electron chi connectivity index (χ1n) is 10.0. The van der Waals surface area contributed by atoms with Crippen LogP contribution in [0.5, 0.6) is 0 Å². The molecule has 0 bridgehead atoms. The van der Waals surface area contributed by atoms with Crippen molar-refractivity contribution < 1.29 is 19.2 Å². The quantitative estimate of drug-likeness (QED) is 0.541. The van der Waals surface area contributed by atoms with Gasteiger partial charge in [-0.05, 0) is 37.1 Å². The summed E-state index contributed by atoms with van der Waals surface area (Å²) in [4.78, 5) is 52.3. The molecule has 1 aliphatic carbocycles. The van der Waals surface area contributed by atoms with E-state index in [2.05, 4.69) is 0 Å². The number of carbonyl (C=O) groups is 4. The van der Waals surface area contributed by atoms with E-state index < -0.39 is 36.1 Å². The Morgan fingerprint density at radius 3 is 2.00 bits per heavy atom. The van der Waals surface area contributed by atoms with Gasteiger partial charge in [0.25, 0.3) is 17.7 Å². The smallest absolute Gasteiger partial charge is 0.273 e. The maximum atomic E-state index is 13.3. The van der Waals surface area contributed by atoms with Crippen molar-refractivity contribution in [3.63, 3.8) is 0 Å². The zero-order valence-electron chi connectivity index (χ0n) is 16.3. The number of imide groups is 1. The fourth-order valence-corrected chi connectivity index (χ4v) is 4.33. The second kappa shape index (κ2) is 8.40. The van der Waals surface area contributed by atoms with Crippen molar-refractivity contribution in [2.75, 3.05) is 6.54 Å². The van der Waals surface area contributed by atoms with Gasteiger partial charge in [0.2, 0.25) is 0 Å². The predicted molar refractivity (Wildman–Crippen MR) is 111 cm³/mol. The van der Waals surface area contributed by atoms with E-state index in [-0.39, 0.29) is 11.3 Å². The second-order valence-electron chi connectivity index (χ2n) is 7.64. The summed E-state index contributed by atoms with van der Waals surface area (Å²) in [5.74, 6) is -2.57. The molecule has 2 aromatic carbocycles. The highest BCUT2D eigenvalue weighted by atomic mass is 35.5. The molecule has 1 saturated heterocycles. The van der Waals surface area contributed by atoms with Crippen LogP contribution in [0.25, 0.3) is 0 Å². The van der Waals surface area contributed by atoms with Crippen molar-refractivity contribution in [1.82, 2.24) is 10.0 Å². The first kappa shape index (κ1) is 20.3. The van der Waals surface area contributed by atoms with Crippen molar-refractivity contribution in [2.45, 2.75) is 25.7 Å². The van der Waals surface area contributed by atoms with E-state index in [9.17, 15) is 19.2 Å². The Bertz CT molecular complexity index is 966. The van der Waals surface area contributed by atoms with Crippen LogP contribution in [0.2, 0.25) is 5.02 Å². The number of fused-ring (bicyclic) bond motifs is 1. The SMILES string of the molecule is O=C(CN(C(=O)c1ccc(Cl)cc1)N1C(=O)[C@H]2CCCC[C@H]2C1=O)c1ccccc1. The average Bonchev–Trinajstić information content (AvgIpc) is 3.03. The molecule has 1 heterocycles. The molecular formula is C23H21ClN2O4. The van der Waals surface area contributed by atoms with Gasteiger partial charge in [-0.15, -0.1) is 0 Å². The predicted octanol–water partition coefficient (Wildman–Crippen LogP) is 3.76. The molecule has 2 aromatic rings. The van der Waals surface area contributed by atoms with Gasteiger partial charge in [0.1, 0.15) is 6.54 Å².